The molecule has 3 rings (SSSR count). The van der Waals surface area contributed by atoms with Crippen LogP contribution in [-0.4, -0.2) is 60.3 Å². The summed E-state index contributed by atoms with van der Waals surface area (Å²) in [4.78, 5) is 6.22. The summed E-state index contributed by atoms with van der Waals surface area (Å²) in [5.41, 5.74) is 1.48. The van der Waals surface area contributed by atoms with Gasteiger partial charge in [-0.3, -0.25) is 4.90 Å². The number of thiophene rings is 1. The van der Waals surface area contributed by atoms with Crippen molar-refractivity contribution in [3.05, 3.63) is 28.5 Å². The summed E-state index contributed by atoms with van der Waals surface area (Å²) in [5.74, 6) is 0.858. The fourth-order valence-electron chi connectivity index (χ4n) is 3.46. The van der Waals surface area contributed by atoms with Crippen molar-refractivity contribution in [1.82, 2.24) is 9.80 Å². The van der Waals surface area contributed by atoms with Crippen LogP contribution in [0.3, 0.4) is 0 Å². The number of likely N-dealkylation sites (tertiary alicyclic amines) is 1. The quantitative estimate of drug-likeness (QED) is 0.903. The third kappa shape index (κ3) is 4.42. The van der Waals surface area contributed by atoms with E-state index in [1.807, 2.05) is 11.3 Å². The summed E-state index contributed by atoms with van der Waals surface area (Å²) < 4.78 is 0. The molecule has 1 saturated heterocycles. The molecule has 1 fully saturated rings. The van der Waals surface area contributed by atoms with E-state index < -0.39 is 0 Å². The van der Waals surface area contributed by atoms with Gasteiger partial charge in [0.15, 0.2) is 0 Å². The van der Waals surface area contributed by atoms with Gasteiger partial charge in [-0.05, 0) is 55.3 Å². The van der Waals surface area contributed by atoms with Gasteiger partial charge in [0.1, 0.15) is 0 Å². The van der Waals surface area contributed by atoms with Crippen molar-refractivity contribution < 1.29 is 5.11 Å². The Labute approximate surface area is 138 Å². The van der Waals surface area contributed by atoms with Crippen molar-refractivity contribution in [1.29, 1.82) is 0 Å². The Bertz CT molecular complexity index is 477. The Morgan fingerprint density at radius 1 is 1.23 bits per heavy atom. The maximum atomic E-state index is 10.4. The van der Waals surface area contributed by atoms with Crippen LogP contribution < -0.4 is 0 Å². The molecule has 0 radical (unpaired) electrons. The van der Waals surface area contributed by atoms with Gasteiger partial charge < -0.3 is 10.0 Å². The molecular weight excluding hydrogens is 292 g/mol. The van der Waals surface area contributed by atoms with Crippen LogP contribution in [0, 0.1) is 5.92 Å². The second-order valence-electron chi connectivity index (χ2n) is 6.85. The lowest BCUT2D eigenvalue weighted by molar-refractivity contribution is 0.0641. The average molecular weight is 321 g/mol. The van der Waals surface area contributed by atoms with Crippen LogP contribution in [-0.2, 0) is 0 Å². The van der Waals surface area contributed by atoms with Crippen molar-refractivity contribution in [2.24, 2.45) is 5.92 Å². The van der Waals surface area contributed by atoms with Crippen LogP contribution >= 0.6 is 11.3 Å². The third-order valence-corrected chi connectivity index (χ3v) is 5.89. The number of hydrogen-bond acceptors (Lipinski definition) is 4. The van der Waals surface area contributed by atoms with Crippen LogP contribution in [0.25, 0.3) is 5.57 Å². The maximum absolute atomic E-state index is 10.4. The third-order valence-electron chi connectivity index (χ3n) is 4.95. The molecule has 2 aliphatic rings. The van der Waals surface area contributed by atoms with Crippen molar-refractivity contribution in [2.45, 2.75) is 32.3 Å². The minimum absolute atomic E-state index is 0.218. The van der Waals surface area contributed by atoms with E-state index in [4.69, 9.17) is 0 Å². The van der Waals surface area contributed by atoms with Crippen LogP contribution in [0.2, 0.25) is 0 Å². The predicted octanol–water partition coefficient (Wildman–Crippen LogP) is 2.93. The van der Waals surface area contributed by atoms with Crippen molar-refractivity contribution in [3.63, 3.8) is 0 Å². The molecule has 0 spiro atoms. The summed E-state index contributed by atoms with van der Waals surface area (Å²) in [6, 6.07) is 4.33. The lowest BCUT2D eigenvalue weighted by Crippen LogP contribution is -2.43. The Morgan fingerprint density at radius 3 is 2.64 bits per heavy atom. The number of rotatable bonds is 5. The lowest BCUT2D eigenvalue weighted by Gasteiger charge is -2.34. The predicted molar refractivity (Wildman–Crippen MR) is 94.2 cm³/mol. The fourth-order valence-corrected chi connectivity index (χ4v) is 4.26. The largest absolute Gasteiger partial charge is 0.390 e. The van der Waals surface area contributed by atoms with Crippen LogP contribution in [0.15, 0.2) is 23.6 Å². The molecule has 1 N–H and O–H groups in total. The SMILES string of the molecule is CC1CCN(CC(O)CN2CC=C(c3cccs3)CC2)CC1. The average Bonchev–Trinajstić information content (AvgIpc) is 3.05. The first kappa shape index (κ1) is 16.2. The summed E-state index contributed by atoms with van der Waals surface area (Å²) in [6.45, 7) is 8.32. The molecule has 3 heterocycles. The highest BCUT2D eigenvalue weighted by Gasteiger charge is 2.21. The van der Waals surface area contributed by atoms with E-state index in [1.54, 1.807) is 0 Å². The smallest absolute Gasteiger partial charge is 0.0793 e. The second-order valence-corrected chi connectivity index (χ2v) is 7.80. The number of aliphatic hydroxyl groups excluding tert-OH is 1. The Balaban J connectivity index is 1.42. The first-order chi connectivity index (χ1) is 10.7. The zero-order valence-corrected chi connectivity index (χ0v) is 14.4. The van der Waals surface area contributed by atoms with Crippen molar-refractivity contribution in [3.8, 4) is 0 Å². The molecule has 0 aliphatic carbocycles. The van der Waals surface area contributed by atoms with Gasteiger partial charge in [-0.2, -0.15) is 0 Å². The van der Waals surface area contributed by atoms with E-state index in [2.05, 4.69) is 40.3 Å². The minimum atomic E-state index is -0.218. The fraction of sp³-hybridized carbons (Fsp3) is 0.667. The summed E-state index contributed by atoms with van der Waals surface area (Å²) >= 11 is 1.83. The minimum Gasteiger partial charge on any atom is -0.390 e. The monoisotopic (exact) mass is 320 g/mol. The maximum Gasteiger partial charge on any atom is 0.0793 e. The highest BCUT2D eigenvalue weighted by Crippen LogP contribution is 2.26. The molecule has 4 heteroatoms. The number of piperidine rings is 1. The molecule has 22 heavy (non-hydrogen) atoms. The Hall–Kier alpha value is -0.680. The van der Waals surface area contributed by atoms with Crippen molar-refractivity contribution >= 4 is 16.9 Å². The molecule has 0 aromatic carbocycles. The van der Waals surface area contributed by atoms with Gasteiger partial charge in [-0.1, -0.05) is 19.1 Å². The van der Waals surface area contributed by atoms with Crippen molar-refractivity contribution in [2.75, 3.05) is 39.3 Å². The van der Waals surface area contributed by atoms with E-state index in [0.29, 0.717) is 0 Å². The van der Waals surface area contributed by atoms with Gasteiger partial charge in [0, 0.05) is 31.1 Å². The van der Waals surface area contributed by atoms with E-state index in [9.17, 15) is 5.11 Å². The molecule has 1 aromatic rings. The first-order valence-electron chi connectivity index (χ1n) is 8.56. The molecule has 3 nitrogen and oxygen atoms in total. The Kier molecular flexibility index (Phi) is 5.69. The van der Waals surface area contributed by atoms with Crippen LogP contribution in [0.1, 0.15) is 31.1 Å². The molecule has 1 atom stereocenters. The number of β-amino-alcohol motifs (C(OH)–C–C–N with tert-alkyl or cyclic N) is 1. The number of aliphatic hydroxyl groups is 1. The summed E-state index contributed by atoms with van der Waals surface area (Å²) in [6.07, 6.45) is 5.79. The highest BCUT2D eigenvalue weighted by molar-refractivity contribution is 7.11. The second kappa shape index (κ2) is 7.73. The molecule has 1 unspecified atom stereocenters. The zero-order valence-electron chi connectivity index (χ0n) is 13.6. The molecule has 0 amide bonds. The number of nitrogens with zero attached hydrogens (tertiary/aromatic N) is 2. The normalized spacial score (nSPS) is 23.5. The molecular formula is C18H28N2OS. The van der Waals surface area contributed by atoms with Gasteiger partial charge in [-0.25, -0.2) is 0 Å². The van der Waals surface area contributed by atoms with Crippen LogP contribution in [0.4, 0.5) is 0 Å². The topological polar surface area (TPSA) is 26.7 Å². The molecule has 122 valence electrons. The van der Waals surface area contributed by atoms with Gasteiger partial charge in [-0.15, -0.1) is 11.3 Å². The molecule has 2 aliphatic heterocycles. The van der Waals surface area contributed by atoms with E-state index in [-0.39, 0.29) is 6.10 Å². The highest BCUT2D eigenvalue weighted by atomic mass is 32.1. The molecule has 0 saturated carbocycles. The summed E-state index contributed by atoms with van der Waals surface area (Å²) in [5, 5.41) is 12.5. The molecule has 1 aromatic heterocycles. The van der Waals surface area contributed by atoms with E-state index in [1.165, 1.54) is 23.3 Å². The van der Waals surface area contributed by atoms with E-state index >= 15 is 0 Å². The van der Waals surface area contributed by atoms with Gasteiger partial charge >= 0.3 is 0 Å². The Morgan fingerprint density at radius 2 is 2.00 bits per heavy atom. The van der Waals surface area contributed by atoms with E-state index in [0.717, 1.165) is 51.6 Å². The number of hydrogen-bond donors (Lipinski definition) is 1. The standard InChI is InChI=1S/C18H28N2OS/c1-15-4-8-19(9-5-15)13-17(21)14-20-10-6-16(7-11-20)18-3-2-12-22-18/h2-3,6,12,15,17,21H,4-5,7-11,13-14H2,1H3. The first-order valence-corrected chi connectivity index (χ1v) is 9.44. The lowest BCUT2D eigenvalue weighted by atomic mass is 9.99. The molecule has 0 bridgehead atoms. The summed E-state index contributed by atoms with van der Waals surface area (Å²) in [7, 11) is 0. The van der Waals surface area contributed by atoms with Gasteiger partial charge in [0.05, 0.1) is 6.10 Å². The van der Waals surface area contributed by atoms with Crippen LogP contribution in [0.5, 0.6) is 0 Å². The van der Waals surface area contributed by atoms with Gasteiger partial charge in [0.25, 0.3) is 0 Å². The van der Waals surface area contributed by atoms with Gasteiger partial charge in [0.2, 0.25) is 0 Å². The zero-order chi connectivity index (χ0) is 15.4.